The Labute approximate surface area is 166 Å². The first kappa shape index (κ1) is 18.7. The molecule has 0 spiro atoms. The molecule has 0 atom stereocenters. The molecule has 0 saturated carbocycles. The first-order chi connectivity index (χ1) is 14.1. The molecule has 2 aromatic heterocycles. The van der Waals surface area contributed by atoms with Gasteiger partial charge in [-0.3, -0.25) is 19.0 Å². The van der Waals surface area contributed by atoms with Crippen molar-refractivity contribution < 1.29 is 14.7 Å². The van der Waals surface area contributed by atoms with E-state index >= 15 is 0 Å². The van der Waals surface area contributed by atoms with Gasteiger partial charge in [-0.15, -0.1) is 0 Å². The number of aromatic nitrogens is 3. The van der Waals surface area contributed by atoms with Gasteiger partial charge < -0.3 is 5.11 Å². The highest BCUT2D eigenvalue weighted by Crippen LogP contribution is 2.27. The molecule has 3 aromatic rings. The summed E-state index contributed by atoms with van der Waals surface area (Å²) in [6.45, 7) is 0. The van der Waals surface area contributed by atoms with E-state index in [1.165, 1.54) is 4.57 Å². The highest BCUT2D eigenvalue weighted by atomic mass is 16.4. The molecule has 0 amide bonds. The van der Waals surface area contributed by atoms with Gasteiger partial charge >= 0.3 is 5.97 Å². The number of benzene rings is 1. The fourth-order valence-electron chi connectivity index (χ4n) is 3.48. The van der Waals surface area contributed by atoms with Crippen molar-refractivity contribution in [1.82, 2.24) is 14.5 Å². The normalized spacial score (nSPS) is 12.5. The number of hydrogen-bond acceptors (Lipinski definition) is 5. The van der Waals surface area contributed by atoms with Crippen molar-refractivity contribution in [2.45, 2.75) is 32.1 Å². The standard InChI is InChI=1S/C22H19N3O4/c26-18(27)9-5-3-1-2-4-7-14-10-11-17-16(13-14)19(28)21-24-20-15(8-6-12-23-20)22(29)25(17)21/h4,6-8,10-13H,1-3,5,9H2,(H,26,27). The third-order valence-corrected chi connectivity index (χ3v) is 4.92. The molecule has 0 bridgehead atoms. The zero-order valence-corrected chi connectivity index (χ0v) is 15.7. The number of carbonyl (C=O) groups is 2. The van der Waals surface area contributed by atoms with Crippen LogP contribution < -0.4 is 5.56 Å². The SMILES string of the molecule is O=C(O)CCCCCC=Cc1ccc2c(c1)C(=O)c1nc3ncccc3c(=O)n1-2. The van der Waals surface area contributed by atoms with Crippen molar-refractivity contribution in [2.75, 3.05) is 0 Å². The third-order valence-electron chi connectivity index (χ3n) is 4.92. The molecule has 0 fully saturated rings. The second-order valence-corrected chi connectivity index (χ2v) is 6.95. The van der Waals surface area contributed by atoms with E-state index in [2.05, 4.69) is 9.97 Å². The van der Waals surface area contributed by atoms with E-state index < -0.39 is 5.97 Å². The molecule has 0 saturated heterocycles. The van der Waals surface area contributed by atoms with Crippen LogP contribution in [-0.2, 0) is 4.79 Å². The number of ketones is 1. The molecule has 1 aliphatic rings. The van der Waals surface area contributed by atoms with Crippen LogP contribution in [-0.4, -0.2) is 31.4 Å². The van der Waals surface area contributed by atoms with Gasteiger partial charge in [0.15, 0.2) is 11.5 Å². The van der Waals surface area contributed by atoms with Crippen LogP contribution in [0.1, 0.15) is 53.8 Å². The number of carboxylic acids is 1. The Hall–Kier alpha value is -3.61. The lowest BCUT2D eigenvalue weighted by atomic mass is 10.1. The molecule has 3 heterocycles. The molecule has 0 unspecified atom stereocenters. The van der Waals surface area contributed by atoms with Gasteiger partial charge in [-0.2, -0.15) is 0 Å². The zero-order chi connectivity index (χ0) is 20.4. The number of carbonyl (C=O) groups excluding carboxylic acids is 1. The Morgan fingerprint density at radius 1 is 1.14 bits per heavy atom. The predicted molar refractivity (Wildman–Crippen MR) is 108 cm³/mol. The summed E-state index contributed by atoms with van der Waals surface area (Å²) >= 11 is 0. The molecule has 0 radical (unpaired) electrons. The quantitative estimate of drug-likeness (QED) is 0.486. The minimum atomic E-state index is -0.762. The van der Waals surface area contributed by atoms with E-state index in [0.29, 0.717) is 23.1 Å². The number of allylic oxidation sites excluding steroid dienone is 1. The van der Waals surface area contributed by atoms with Crippen molar-refractivity contribution in [1.29, 1.82) is 0 Å². The van der Waals surface area contributed by atoms with E-state index in [0.717, 1.165) is 24.8 Å². The molecule has 7 heteroatoms. The summed E-state index contributed by atoms with van der Waals surface area (Å²) in [5.74, 6) is -0.953. The van der Waals surface area contributed by atoms with Gasteiger partial charge in [0, 0.05) is 12.6 Å². The maximum Gasteiger partial charge on any atom is 0.303 e. The summed E-state index contributed by atoms with van der Waals surface area (Å²) < 4.78 is 1.36. The second kappa shape index (κ2) is 7.79. The third kappa shape index (κ3) is 3.59. The summed E-state index contributed by atoms with van der Waals surface area (Å²) in [6, 6.07) is 8.72. The molecule has 1 N–H and O–H groups in total. The molecule has 146 valence electrons. The van der Waals surface area contributed by atoms with Crippen LogP contribution in [0.2, 0.25) is 0 Å². The fraction of sp³-hybridized carbons (Fsp3) is 0.227. The smallest absolute Gasteiger partial charge is 0.303 e. The first-order valence-corrected chi connectivity index (χ1v) is 9.51. The number of carboxylic acid groups (broad SMARTS) is 1. The topological polar surface area (TPSA) is 102 Å². The maximum absolute atomic E-state index is 12.8. The number of aliphatic carboxylic acids is 1. The van der Waals surface area contributed by atoms with Gasteiger partial charge in [0.1, 0.15) is 0 Å². The number of pyridine rings is 1. The average Bonchev–Trinajstić information content (AvgIpc) is 2.99. The number of nitrogens with zero attached hydrogens (tertiary/aromatic N) is 3. The predicted octanol–water partition coefficient (Wildman–Crippen LogP) is 3.37. The summed E-state index contributed by atoms with van der Waals surface area (Å²) in [4.78, 5) is 44.5. The lowest BCUT2D eigenvalue weighted by Gasteiger charge is -2.05. The molecule has 1 aliphatic heterocycles. The van der Waals surface area contributed by atoms with Gasteiger partial charge in [-0.1, -0.05) is 24.6 Å². The summed E-state index contributed by atoms with van der Waals surface area (Å²) in [5.41, 5.74) is 1.83. The minimum absolute atomic E-state index is 0.0933. The number of fused-ring (bicyclic) bond motifs is 4. The van der Waals surface area contributed by atoms with Crippen molar-refractivity contribution in [2.24, 2.45) is 0 Å². The van der Waals surface area contributed by atoms with Crippen LogP contribution in [0.3, 0.4) is 0 Å². The van der Waals surface area contributed by atoms with Crippen LogP contribution in [0, 0.1) is 0 Å². The van der Waals surface area contributed by atoms with E-state index in [4.69, 9.17) is 5.11 Å². The average molecular weight is 389 g/mol. The van der Waals surface area contributed by atoms with Gasteiger partial charge in [-0.25, -0.2) is 9.97 Å². The number of unbranched alkanes of at least 4 members (excludes halogenated alkanes) is 3. The van der Waals surface area contributed by atoms with Crippen molar-refractivity contribution in [3.05, 3.63) is 69.9 Å². The van der Waals surface area contributed by atoms with E-state index in [1.54, 1.807) is 30.5 Å². The van der Waals surface area contributed by atoms with E-state index in [-0.39, 0.29) is 29.2 Å². The number of hydrogen-bond donors (Lipinski definition) is 1. The molecular weight excluding hydrogens is 370 g/mol. The summed E-state index contributed by atoms with van der Waals surface area (Å²) in [7, 11) is 0. The summed E-state index contributed by atoms with van der Waals surface area (Å²) in [5, 5.41) is 9.01. The van der Waals surface area contributed by atoms with Gasteiger partial charge in [0.25, 0.3) is 5.56 Å². The summed E-state index contributed by atoms with van der Waals surface area (Å²) in [6.07, 6.45) is 8.99. The molecule has 0 aliphatic carbocycles. The molecular formula is C22H19N3O4. The van der Waals surface area contributed by atoms with Gasteiger partial charge in [0.2, 0.25) is 5.78 Å². The molecule has 1 aromatic carbocycles. The maximum atomic E-state index is 12.8. The number of rotatable bonds is 7. The zero-order valence-electron chi connectivity index (χ0n) is 15.7. The first-order valence-electron chi connectivity index (χ1n) is 9.51. The Balaban J connectivity index is 1.54. The Morgan fingerprint density at radius 2 is 2.00 bits per heavy atom. The van der Waals surface area contributed by atoms with Crippen molar-refractivity contribution in [3.63, 3.8) is 0 Å². The lowest BCUT2D eigenvalue weighted by molar-refractivity contribution is -0.137. The van der Waals surface area contributed by atoms with Gasteiger partial charge in [0.05, 0.1) is 16.6 Å². The lowest BCUT2D eigenvalue weighted by Crippen LogP contribution is -2.21. The van der Waals surface area contributed by atoms with Crippen LogP contribution >= 0.6 is 0 Å². The van der Waals surface area contributed by atoms with Crippen LogP contribution in [0.25, 0.3) is 22.8 Å². The largest absolute Gasteiger partial charge is 0.481 e. The Bertz CT molecular complexity index is 1210. The molecule has 7 nitrogen and oxygen atoms in total. The van der Waals surface area contributed by atoms with Crippen LogP contribution in [0.4, 0.5) is 0 Å². The molecule has 29 heavy (non-hydrogen) atoms. The fourth-order valence-corrected chi connectivity index (χ4v) is 3.48. The van der Waals surface area contributed by atoms with Crippen molar-refractivity contribution >= 4 is 28.9 Å². The Morgan fingerprint density at radius 3 is 2.83 bits per heavy atom. The highest BCUT2D eigenvalue weighted by molar-refractivity contribution is 6.13. The highest BCUT2D eigenvalue weighted by Gasteiger charge is 2.30. The van der Waals surface area contributed by atoms with E-state index in [9.17, 15) is 14.4 Å². The van der Waals surface area contributed by atoms with E-state index in [1.807, 2.05) is 18.2 Å². The second-order valence-electron chi connectivity index (χ2n) is 6.95. The van der Waals surface area contributed by atoms with Crippen LogP contribution in [0.15, 0.2) is 47.4 Å². The monoisotopic (exact) mass is 389 g/mol. The Kier molecular flexibility index (Phi) is 5.03. The van der Waals surface area contributed by atoms with Crippen LogP contribution in [0.5, 0.6) is 0 Å². The molecule has 4 rings (SSSR count). The minimum Gasteiger partial charge on any atom is -0.481 e. The van der Waals surface area contributed by atoms with Crippen molar-refractivity contribution in [3.8, 4) is 5.69 Å². The van der Waals surface area contributed by atoms with Gasteiger partial charge in [-0.05, 0) is 49.1 Å².